The Morgan fingerprint density at radius 3 is 1.12 bits per heavy atom. The number of halogens is 6. The first-order chi connectivity index (χ1) is 18.3. The van der Waals surface area contributed by atoms with Gasteiger partial charge in [0, 0.05) is 12.1 Å². The minimum Gasteiger partial charge on any atom is -0.497 e. The van der Waals surface area contributed by atoms with Crippen LogP contribution in [-0.4, -0.2) is 68.1 Å². The van der Waals surface area contributed by atoms with Crippen LogP contribution in [-0.2, 0) is 29.6 Å². The van der Waals surface area contributed by atoms with Crippen LogP contribution in [0, 0.1) is 0 Å². The van der Waals surface area contributed by atoms with Gasteiger partial charge in [0.05, 0.1) is 28.4 Å². The molecule has 12 nitrogen and oxygen atoms in total. The Morgan fingerprint density at radius 2 is 0.900 bits per heavy atom. The molecule has 2 amide bonds. The summed E-state index contributed by atoms with van der Waals surface area (Å²) in [5.41, 5.74) is -15.4. The van der Waals surface area contributed by atoms with E-state index in [1.54, 1.807) is 0 Å². The molecule has 0 saturated carbocycles. The van der Waals surface area contributed by atoms with Crippen LogP contribution < -0.4 is 27.6 Å². The summed E-state index contributed by atoms with van der Waals surface area (Å²) >= 11 is 0. The van der Waals surface area contributed by atoms with Crippen molar-refractivity contribution in [2.45, 2.75) is 11.0 Å². The summed E-state index contributed by atoms with van der Waals surface area (Å²) in [5.74, 6) is -8.21. The van der Waals surface area contributed by atoms with Gasteiger partial charge in [-0.05, 0) is 24.3 Å². The molecular formula is C20H18F6N2O10S2. The SMILES string of the molecule is COc1ccc(OC)c(N(C(=O)C(=O)N(c2cc(OC)ccc2OC)S(=O)(=O)C(F)(F)F)S(=O)(=O)C(F)(F)F)c1. The summed E-state index contributed by atoms with van der Waals surface area (Å²) in [7, 11) is -10.3. The van der Waals surface area contributed by atoms with Crippen molar-refractivity contribution in [2.75, 3.05) is 37.0 Å². The molecule has 0 aliphatic carbocycles. The van der Waals surface area contributed by atoms with E-state index in [1.165, 1.54) is 0 Å². The van der Waals surface area contributed by atoms with Crippen LogP contribution in [0.25, 0.3) is 0 Å². The Hall–Kier alpha value is -3.94. The van der Waals surface area contributed by atoms with Gasteiger partial charge in [0.2, 0.25) is 0 Å². The number of anilines is 2. The number of benzene rings is 2. The van der Waals surface area contributed by atoms with Gasteiger partial charge in [0.25, 0.3) is 0 Å². The third-order valence-corrected chi connectivity index (χ3v) is 7.68. The first-order valence-electron chi connectivity index (χ1n) is 10.1. The molecule has 20 heteroatoms. The van der Waals surface area contributed by atoms with Crippen molar-refractivity contribution in [1.29, 1.82) is 0 Å². The molecule has 0 atom stereocenters. The van der Waals surface area contributed by atoms with Gasteiger partial charge >= 0.3 is 42.9 Å². The van der Waals surface area contributed by atoms with Gasteiger partial charge in [0.1, 0.15) is 34.4 Å². The van der Waals surface area contributed by atoms with Crippen LogP contribution in [0.15, 0.2) is 36.4 Å². The van der Waals surface area contributed by atoms with Crippen LogP contribution in [0.3, 0.4) is 0 Å². The number of carbonyl (C=O) groups is 2. The summed E-state index contributed by atoms with van der Waals surface area (Å²) in [6.45, 7) is 0. The van der Waals surface area contributed by atoms with Crippen molar-refractivity contribution >= 4 is 43.2 Å². The lowest BCUT2D eigenvalue weighted by atomic mass is 10.2. The van der Waals surface area contributed by atoms with E-state index in [9.17, 15) is 52.8 Å². The number of methoxy groups -OCH3 is 4. The normalized spacial score (nSPS) is 12.3. The van der Waals surface area contributed by atoms with Crippen LogP contribution >= 0.6 is 0 Å². The fraction of sp³-hybridized carbons (Fsp3) is 0.300. The lowest BCUT2D eigenvalue weighted by Gasteiger charge is -2.29. The lowest BCUT2D eigenvalue weighted by Crippen LogP contribution is -2.55. The fourth-order valence-electron chi connectivity index (χ4n) is 2.99. The molecule has 40 heavy (non-hydrogen) atoms. The van der Waals surface area contributed by atoms with Gasteiger partial charge in [-0.1, -0.05) is 0 Å². The smallest absolute Gasteiger partial charge is 0.497 e. The van der Waals surface area contributed by atoms with Crippen molar-refractivity contribution in [3.05, 3.63) is 36.4 Å². The first-order valence-corrected chi connectivity index (χ1v) is 12.9. The minimum absolute atomic E-state index is 0.396. The summed E-state index contributed by atoms with van der Waals surface area (Å²) in [5, 5.41) is 0. The first kappa shape index (κ1) is 32.3. The molecule has 2 aromatic carbocycles. The third-order valence-electron chi connectivity index (χ3n) is 4.83. The predicted octanol–water partition coefficient (Wildman–Crippen LogP) is 2.79. The minimum atomic E-state index is -6.95. The number of rotatable bonds is 8. The average Bonchev–Trinajstić information content (AvgIpc) is 2.86. The van der Waals surface area contributed by atoms with E-state index >= 15 is 0 Å². The van der Waals surface area contributed by atoms with Crippen molar-refractivity contribution in [2.24, 2.45) is 0 Å². The molecule has 0 saturated heterocycles. The van der Waals surface area contributed by atoms with Gasteiger partial charge < -0.3 is 18.9 Å². The van der Waals surface area contributed by atoms with Gasteiger partial charge in [-0.25, -0.2) is 0 Å². The molecule has 0 heterocycles. The highest BCUT2D eigenvalue weighted by Crippen LogP contribution is 2.41. The summed E-state index contributed by atoms with van der Waals surface area (Å²) in [6, 6.07) is 4.63. The standard InChI is InChI=1S/C20H18F6N2O10S2/c1-35-11-5-7-15(37-3)13(9-11)27(39(31,32)19(21,22)23)17(29)18(30)28(40(33,34)20(24,25)26)14-10-12(36-2)6-8-16(14)38-4/h5-10H,1-4H3. The average molecular weight is 624 g/mol. The second kappa shape index (κ2) is 11.3. The highest BCUT2D eigenvalue weighted by molar-refractivity contribution is 7.95. The number of hydrogen-bond donors (Lipinski definition) is 0. The van der Waals surface area contributed by atoms with E-state index in [0.29, 0.717) is 12.1 Å². The monoisotopic (exact) mass is 624 g/mol. The molecule has 0 radical (unpaired) electrons. The number of sulfonamides is 2. The van der Waals surface area contributed by atoms with Gasteiger partial charge in [-0.3, -0.25) is 9.59 Å². The van der Waals surface area contributed by atoms with Crippen molar-refractivity contribution in [3.8, 4) is 23.0 Å². The summed E-state index contributed by atoms with van der Waals surface area (Å²) in [6.07, 6.45) is 0. The second-order valence-corrected chi connectivity index (χ2v) is 10.7. The predicted molar refractivity (Wildman–Crippen MR) is 124 cm³/mol. The molecular weight excluding hydrogens is 606 g/mol. The Morgan fingerprint density at radius 1 is 0.600 bits per heavy atom. The van der Waals surface area contributed by atoms with E-state index in [1.807, 2.05) is 0 Å². The Kier molecular flexibility index (Phi) is 9.10. The van der Waals surface area contributed by atoms with Crippen LogP contribution in [0.2, 0.25) is 0 Å². The molecule has 0 fully saturated rings. The number of nitrogens with zero attached hydrogens (tertiary/aromatic N) is 2. The largest absolute Gasteiger partial charge is 0.517 e. The Balaban J connectivity index is 3.00. The van der Waals surface area contributed by atoms with E-state index < -0.39 is 85.9 Å². The Bertz CT molecular complexity index is 1400. The number of carbonyl (C=O) groups excluding carboxylic acids is 2. The van der Waals surface area contributed by atoms with Crippen molar-refractivity contribution < 1.29 is 71.7 Å². The molecule has 0 aliphatic rings. The molecule has 0 spiro atoms. The molecule has 0 bridgehead atoms. The number of hydrogen-bond acceptors (Lipinski definition) is 10. The maximum absolute atomic E-state index is 13.7. The van der Waals surface area contributed by atoms with E-state index in [4.69, 9.17) is 18.9 Å². The van der Waals surface area contributed by atoms with E-state index in [-0.39, 0.29) is 0 Å². The fourth-order valence-corrected chi connectivity index (χ4v) is 4.80. The molecule has 0 N–H and O–H groups in total. The topological polar surface area (TPSA) is 146 Å². The Labute approximate surface area is 222 Å². The second-order valence-electron chi connectivity index (χ2n) is 7.12. The zero-order valence-corrected chi connectivity index (χ0v) is 22.2. The van der Waals surface area contributed by atoms with Crippen molar-refractivity contribution in [3.63, 3.8) is 0 Å². The summed E-state index contributed by atoms with van der Waals surface area (Å²) in [4.78, 5) is 26.4. The molecule has 222 valence electrons. The van der Waals surface area contributed by atoms with Crippen LogP contribution in [0.1, 0.15) is 0 Å². The zero-order valence-electron chi connectivity index (χ0n) is 20.5. The maximum Gasteiger partial charge on any atom is 0.517 e. The molecule has 0 aromatic heterocycles. The molecule has 0 aliphatic heterocycles. The zero-order chi connectivity index (χ0) is 30.8. The highest BCUT2D eigenvalue weighted by Gasteiger charge is 2.58. The van der Waals surface area contributed by atoms with E-state index in [2.05, 4.69) is 0 Å². The van der Waals surface area contributed by atoms with E-state index in [0.717, 1.165) is 52.7 Å². The molecule has 0 unspecified atom stereocenters. The van der Waals surface area contributed by atoms with Crippen molar-refractivity contribution in [1.82, 2.24) is 0 Å². The number of ether oxygens (including phenoxy) is 4. The van der Waals surface area contributed by atoms with Crippen LogP contribution in [0.5, 0.6) is 23.0 Å². The van der Waals surface area contributed by atoms with Gasteiger partial charge in [0.15, 0.2) is 0 Å². The van der Waals surface area contributed by atoms with Gasteiger partial charge in [-0.15, -0.1) is 0 Å². The number of alkyl halides is 6. The number of amides is 2. The quantitative estimate of drug-likeness (QED) is 0.318. The molecule has 2 rings (SSSR count). The van der Waals surface area contributed by atoms with Gasteiger partial charge in [-0.2, -0.15) is 51.8 Å². The van der Waals surface area contributed by atoms with Crippen LogP contribution in [0.4, 0.5) is 37.7 Å². The maximum atomic E-state index is 13.7. The highest BCUT2D eigenvalue weighted by atomic mass is 32.2. The lowest BCUT2D eigenvalue weighted by molar-refractivity contribution is -0.135. The third kappa shape index (κ3) is 5.81. The summed E-state index contributed by atoms with van der Waals surface area (Å²) < 4.78 is 149. The molecule has 2 aromatic rings.